The molecule has 2 N–H and O–H groups in total. The van der Waals surface area contributed by atoms with Crippen molar-refractivity contribution in [1.82, 2.24) is 9.73 Å². The van der Waals surface area contributed by atoms with Gasteiger partial charge in [0.2, 0.25) is 10.0 Å². The van der Waals surface area contributed by atoms with Crippen LogP contribution in [0, 0.1) is 6.92 Å². The number of carbonyl (C=O) groups is 2. The van der Waals surface area contributed by atoms with Crippen LogP contribution in [0.1, 0.15) is 27.0 Å². The Morgan fingerprint density at radius 3 is 2.37 bits per heavy atom. The summed E-state index contributed by atoms with van der Waals surface area (Å²) in [5, 5.41) is 12.8. The molecular formula is C25H25N3O6S. The number of rotatable bonds is 10. The summed E-state index contributed by atoms with van der Waals surface area (Å²) >= 11 is 0. The summed E-state index contributed by atoms with van der Waals surface area (Å²) in [5.41, 5.74) is 4.45. The molecule has 1 amide bonds. The van der Waals surface area contributed by atoms with Crippen LogP contribution in [0.25, 0.3) is 0 Å². The van der Waals surface area contributed by atoms with Crippen LogP contribution in [-0.2, 0) is 21.4 Å². The van der Waals surface area contributed by atoms with Crippen molar-refractivity contribution in [2.75, 3.05) is 13.7 Å². The monoisotopic (exact) mass is 495 g/mol. The average Bonchev–Trinajstić information content (AvgIpc) is 2.84. The third-order valence-corrected chi connectivity index (χ3v) is 6.83. The van der Waals surface area contributed by atoms with Crippen molar-refractivity contribution in [3.63, 3.8) is 0 Å². The van der Waals surface area contributed by atoms with E-state index < -0.39 is 28.4 Å². The minimum atomic E-state index is -4.11. The highest BCUT2D eigenvalue weighted by Gasteiger charge is 2.30. The van der Waals surface area contributed by atoms with Gasteiger partial charge in [0, 0.05) is 6.54 Å². The predicted molar refractivity (Wildman–Crippen MR) is 131 cm³/mol. The summed E-state index contributed by atoms with van der Waals surface area (Å²) in [4.78, 5) is 23.5. The number of nitrogens with one attached hydrogen (secondary N) is 1. The Kier molecular flexibility index (Phi) is 8.34. The van der Waals surface area contributed by atoms with Crippen molar-refractivity contribution < 1.29 is 27.9 Å². The number of hydrazone groups is 1. The third-order valence-electron chi connectivity index (χ3n) is 5.02. The number of carboxylic acid groups (broad SMARTS) is 1. The molecule has 0 fully saturated rings. The maximum Gasteiger partial charge on any atom is 0.335 e. The maximum absolute atomic E-state index is 13.6. The Morgan fingerprint density at radius 1 is 1.06 bits per heavy atom. The zero-order valence-corrected chi connectivity index (χ0v) is 20.0. The highest BCUT2D eigenvalue weighted by molar-refractivity contribution is 7.89. The first-order chi connectivity index (χ1) is 16.7. The topological polar surface area (TPSA) is 125 Å². The van der Waals surface area contributed by atoms with Gasteiger partial charge >= 0.3 is 5.97 Å². The molecule has 0 radical (unpaired) electrons. The van der Waals surface area contributed by atoms with Gasteiger partial charge in [0.05, 0.1) is 25.4 Å². The number of hydrogen-bond acceptors (Lipinski definition) is 6. The second-order valence-electron chi connectivity index (χ2n) is 7.63. The largest absolute Gasteiger partial charge is 0.495 e. The first kappa shape index (κ1) is 25.6. The molecule has 0 spiro atoms. The second-order valence-corrected chi connectivity index (χ2v) is 9.54. The number of sulfonamides is 1. The van der Waals surface area contributed by atoms with E-state index in [0.717, 1.165) is 9.87 Å². The number of ether oxygens (including phenoxy) is 1. The Hall–Kier alpha value is -4.02. The quantitative estimate of drug-likeness (QED) is 0.329. The maximum atomic E-state index is 13.6. The molecule has 3 aromatic carbocycles. The zero-order chi connectivity index (χ0) is 25.4. The van der Waals surface area contributed by atoms with Gasteiger partial charge in [0.15, 0.2) is 0 Å². The van der Waals surface area contributed by atoms with Crippen LogP contribution >= 0.6 is 0 Å². The van der Waals surface area contributed by atoms with Gasteiger partial charge < -0.3 is 9.84 Å². The molecule has 0 aliphatic rings. The van der Waals surface area contributed by atoms with Crippen LogP contribution in [0.3, 0.4) is 0 Å². The average molecular weight is 496 g/mol. The number of carboxylic acids is 1. The number of aryl methyl sites for hydroxylation is 1. The van der Waals surface area contributed by atoms with E-state index in [4.69, 9.17) is 9.84 Å². The van der Waals surface area contributed by atoms with Gasteiger partial charge in [-0.3, -0.25) is 4.79 Å². The Balaban J connectivity index is 1.81. The summed E-state index contributed by atoms with van der Waals surface area (Å²) in [6, 6.07) is 19.6. The second kappa shape index (κ2) is 11.4. The van der Waals surface area contributed by atoms with Crippen LogP contribution in [0.15, 0.2) is 82.8 Å². The number of amides is 1. The minimum Gasteiger partial charge on any atom is -0.495 e. The molecule has 0 atom stereocenters. The van der Waals surface area contributed by atoms with E-state index in [1.54, 1.807) is 43.3 Å². The van der Waals surface area contributed by atoms with Crippen LogP contribution in [0.4, 0.5) is 0 Å². The lowest BCUT2D eigenvalue weighted by Crippen LogP contribution is -2.39. The number of aromatic carboxylic acids is 1. The normalized spacial score (nSPS) is 11.5. The molecule has 0 aliphatic carbocycles. The molecule has 10 heteroatoms. The number of carbonyl (C=O) groups excluding carboxylic acids is 1. The minimum absolute atomic E-state index is 0.0337. The summed E-state index contributed by atoms with van der Waals surface area (Å²) in [6.45, 7) is 1.25. The van der Waals surface area contributed by atoms with E-state index in [9.17, 15) is 18.0 Å². The first-order valence-corrected chi connectivity index (χ1v) is 12.0. The van der Waals surface area contributed by atoms with Crippen LogP contribution in [0.5, 0.6) is 5.75 Å². The number of benzene rings is 3. The summed E-state index contributed by atoms with van der Waals surface area (Å²) in [7, 11) is -2.73. The zero-order valence-electron chi connectivity index (χ0n) is 19.2. The smallest absolute Gasteiger partial charge is 0.335 e. The van der Waals surface area contributed by atoms with E-state index in [-0.39, 0.29) is 22.8 Å². The Labute approximate surface area is 203 Å². The Morgan fingerprint density at radius 2 is 1.74 bits per heavy atom. The molecule has 3 aromatic rings. The fraction of sp³-hybridized carbons (Fsp3) is 0.160. The van der Waals surface area contributed by atoms with Gasteiger partial charge in [-0.1, -0.05) is 48.5 Å². The fourth-order valence-electron chi connectivity index (χ4n) is 3.22. The lowest BCUT2D eigenvalue weighted by atomic mass is 10.1. The number of nitrogens with zero attached hydrogens (tertiary/aromatic N) is 2. The lowest BCUT2D eigenvalue weighted by Gasteiger charge is -2.23. The summed E-state index contributed by atoms with van der Waals surface area (Å²) in [6.07, 6.45) is 1.34. The highest BCUT2D eigenvalue weighted by Crippen LogP contribution is 2.28. The molecule has 0 unspecified atom stereocenters. The van der Waals surface area contributed by atoms with Gasteiger partial charge in [-0.05, 0) is 47.9 Å². The van der Waals surface area contributed by atoms with Crippen LogP contribution in [0.2, 0.25) is 0 Å². The van der Waals surface area contributed by atoms with E-state index in [2.05, 4.69) is 10.5 Å². The van der Waals surface area contributed by atoms with Gasteiger partial charge in [0.1, 0.15) is 10.6 Å². The van der Waals surface area contributed by atoms with Crippen molar-refractivity contribution in [1.29, 1.82) is 0 Å². The summed E-state index contributed by atoms with van der Waals surface area (Å²) in [5.74, 6) is -1.52. The van der Waals surface area contributed by atoms with E-state index in [1.165, 1.54) is 43.7 Å². The lowest BCUT2D eigenvalue weighted by molar-refractivity contribution is -0.121. The number of hydrogen-bond donors (Lipinski definition) is 2. The molecule has 35 heavy (non-hydrogen) atoms. The number of methoxy groups -OCH3 is 1. The van der Waals surface area contributed by atoms with Gasteiger partial charge in [0.25, 0.3) is 5.91 Å². The molecule has 0 aliphatic heterocycles. The molecule has 0 saturated carbocycles. The molecule has 9 nitrogen and oxygen atoms in total. The molecule has 182 valence electrons. The standard InChI is InChI=1S/C25H25N3O6S/c1-18-8-13-22(34-2)23(14-18)35(32,33)28(16-20-6-4-3-5-7-20)17-24(29)27-26-15-19-9-11-21(12-10-19)25(30)31/h3-15H,16-17H2,1-2H3,(H,27,29)(H,30,31)/b26-15+. The van der Waals surface area contributed by atoms with Crippen molar-refractivity contribution in [3.05, 3.63) is 95.1 Å². The molecule has 0 saturated heterocycles. The highest BCUT2D eigenvalue weighted by atomic mass is 32.2. The molecule has 0 bridgehead atoms. The van der Waals surface area contributed by atoms with Crippen molar-refractivity contribution in [2.24, 2.45) is 5.10 Å². The van der Waals surface area contributed by atoms with Crippen LogP contribution in [-0.4, -0.2) is 49.6 Å². The van der Waals surface area contributed by atoms with E-state index in [1.807, 2.05) is 6.07 Å². The molecule has 0 aromatic heterocycles. The third kappa shape index (κ3) is 6.75. The van der Waals surface area contributed by atoms with E-state index in [0.29, 0.717) is 11.1 Å². The fourth-order valence-corrected chi connectivity index (χ4v) is 4.85. The molecule has 0 heterocycles. The van der Waals surface area contributed by atoms with Gasteiger partial charge in [-0.2, -0.15) is 9.41 Å². The van der Waals surface area contributed by atoms with Crippen LogP contribution < -0.4 is 10.2 Å². The van der Waals surface area contributed by atoms with Crippen molar-refractivity contribution in [3.8, 4) is 5.75 Å². The van der Waals surface area contributed by atoms with Gasteiger partial charge in [-0.15, -0.1) is 0 Å². The van der Waals surface area contributed by atoms with Crippen molar-refractivity contribution in [2.45, 2.75) is 18.4 Å². The van der Waals surface area contributed by atoms with E-state index >= 15 is 0 Å². The Bertz CT molecular complexity index is 1320. The molecular weight excluding hydrogens is 470 g/mol. The first-order valence-electron chi connectivity index (χ1n) is 10.5. The van der Waals surface area contributed by atoms with Gasteiger partial charge in [-0.25, -0.2) is 18.6 Å². The predicted octanol–water partition coefficient (Wildman–Crippen LogP) is 3.04. The van der Waals surface area contributed by atoms with Crippen molar-refractivity contribution >= 4 is 28.1 Å². The SMILES string of the molecule is COc1ccc(C)cc1S(=O)(=O)N(CC(=O)N/N=C/c1ccc(C(=O)O)cc1)Cc1ccccc1. The molecule has 3 rings (SSSR count). The summed E-state index contributed by atoms with van der Waals surface area (Å²) < 4.78 is 33.5.